The third-order valence-electron chi connectivity index (χ3n) is 16.5. The van der Waals surface area contributed by atoms with Crippen LogP contribution in [0.3, 0.4) is 0 Å². The quantitative estimate of drug-likeness (QED) is 0.123. The van der Waals surface area contributed by atoms with Crippen molar-refractivity contribution in [3.05, 3.63) is 235 Å². The van der Waals surface area contributed by atoms with Crippen LogP contribution in [0.5, 0.6) is 0 Å². The van der Waals surface area contributed by atoms with Gasteiger partial charge in [0.25, 0.3) is 0 Å². The van der Waals surface area contributed by atoms with Crippen LogP contribution < -0.4 is 0 Å². The van der Waals surface area contributed by atoms with Gasteiger partial charge in [-0.15, -0.1) is 0 Å². The number of hydrogen-bond donors (Lipinski definition) is 0. The maximum atomic E-state index is 2.53. The van der Waals surface area contributed by atoms with Gasteiger partial charge in [-0.25, -0.2) is 0 Å². The predicted molar refractivity (Wildman–Crippen MR) is 294 cm³/mol. The summed E-state index contributed by atoms with van der Waals surface area (Å²) in [7, 11) is 0. The van der Waals surface area contributed by atoms with Gasteiger partial charge in [-0.1, -0.05) is 198 Å². The van der Waals surface area contributed by atoms with Crippen LogP contribution in [0.1, 0.15) is 49.9 Å². The lowest BCUT2D eigenvalue weighted by atomic mass is 9.80. The Bertz CT molecular complexity index is 4350. The molecule has 1 aromatic heterocycles. The molecule has 0 unspecified atom stereocenters. The smallest absolute Gasteiger partial charge is 0.0588 e. The molecule has 324 valence electrons. The van der Waals surface area contributed by atoms with Crippen molar-refractivity contribution in [1.82, 2.24) is 4.57 Å². The molecular weight excluding hydrogens is 831 g/mol. The second-order valence-corrected chi connectivity index (χ2v) is 20.7. The van der Waals surface area contributed by atoms with Crippen LogP contribution in [0.2, 0.25) is 0 Å². The first kappa shape index (κ1) is 38.8. The van der Waals surface area contributed by atoms with Crippen LogP contribution in [-0.4, -0.2) is 4.57 Å². The van der Waals surface area contributed by atoms with E-state index in [1.807, 2.05) is 0 Å². The van der Waals surface area contributed by atoms with E-state index >= 15 is 0 Å². The molecule has 69 heavy (non-hydrogen) atoms. The van der Waals surface area contributed by atoms with Gasteiger partial charge in [0.15, 0.2) is 0 Å². The van der Waals surface area contributed by atoms with Gasteiger partial charge in [0.2, 0.25) is 0 Å². The summed E-state index contributed by atoms with van der Waals surface area (Å²) in [5, 5.41) is 15.5. The van der Waals surface area contributed by atoms with Gasteiger partial charge in [0.1, 0.15) is 0 Å². The van der Waals surface area contributed by atoms with Crippen molar-refractivity contribution < 1.29 is 0 Å². The van der Waals surface area contributed by atoms with Gasteiger partial charge >= 0.3 is 0 Å². The summed E-state index contributed by atoms with van der Waals surface area (Å²) in [5.41, 5.74) is 19.4. The molecule has 2 aliphatic carbocycles. The van der Waals surface area contributed by atoms with E-state index < -0.39 is 0 Å². The number of hydrogen-bond acceptors (Lipinski definition) is 0. The van der Waals surface area contributed by atoms with Gasteiger partial charge in [0, 0.05) is 27.3 Å². The molecule has 0 saturated carbocycles. The molecule has 1 nitrogen and oxygen atoms in total. The molecular formula is C68H47N. The molecule has 0 bridgehead atoms. The Balaban J connectivity index is 0.963. The number of aromatic nitrogens is 1. The average Bonchev–Trinajstić information content (AvgIpc) is 3.93. The van der Waals surface area contributed by atoms with Crippen molar-refractivity contribution in [3.63, 3.8) is 0 Å². The Morgan fingerprint density at radius 3 is 1.42 bits per heavy atom. The highest BCUT2D eigenvalue weighted by molar-refractivity contribution is 6.27. The molecule has 0 fully saturated rings. The monoisotopic (exact) mass is 877 g/mol. The molecule has 13 aromatic rings. The van der Waals surface area contributed by atoms with Crippen molar-refractivity contribution in [2.24, 2.45) is 0 Å². The Morgan fingerprint density at radius 1 is 0.290 bits per heavy atom. The fraction of sp³-hybridized carbons (Fsp3) is 0.0882. The van der Waals surface area contributed by atoms with Gasteiger partial charge in [-0.2, -0.15) is 0 Å². The lowest BCUT2D eigenvalue weighted by Gasteiger charge is -2.23. The van der Waals surface area contributed by atoms with E-state index in [0.717, 1.165) is 0 Å². The molecule has 12 aromatic carbocycles. The molecule has 0 radical (unpaired) electrons. The first-order valence-electron chi connectivity index (χ1n) is 24.5. The predicted octanol–water partition coefficient (Wildman–Crippen LogP) is 18.5. The standard InChI is InChI=1S/C68H47N/c1-67(2)60-34-30-40(36-56(60)57-38-54-45-22-10-8-20-43(45)44-21-9-11-23-46(44)55(54)39-61(57)67)63-48-25-12-14-27-50(48)64(51-28-15-13-26-49(51)63)41-31-35-62-58(37-41)53-33-32-52-47-24-16-17-29-59(47)68(3,4)65(52)66(53)69(62)42-18-6-5-7-19-42/h5-39H,1-4H3. The largest absolute Gasteiger partial charge is 0.309 e. The molecule has 0 aliphatic heterocycles. The molecule has 0 N–H and O–H groups in total. The van der Waals surface area contributed by atoms with Gasteiger partial charge in [-0.3, -0.25) is 0 Å². The lowest BCUT2D eigenvalue weighted by Crippen LogP contribution is -2.16. The van der Waals surface area contributed by atoms with E-state index in [4.69, 9.17) is 0 Å². The zero-order valence-corrected chi connectivity index (χ0v) is 39.2. The number of nitrogens with zero attached hydrogens (tertiary/aromatic N) is 1. The van der Waals surface area contributed by atoms with Crippen molar-refractivity contribution in [1.29, 1.82) is 0 Å². The Hall–Kier alpha value is -8.26. The molecule has 0 spiro atoms. The zero-order valence-electron chi connectivity index (χ0n) is 39.2. The van der Waals surface area contributed by atoms with Crippen molar-refractivity contribution in [3.8, 4) is 50.2 Å². The summed E-state index contributed by atoms with van der Waals surface area (Å²) < 4.78 is 2.53. The van der Waals surface area contributed by atoms with Gasteiger partial charge in [0.05, 0.1) is 11.0 Å². The van der Waals surface area contributed by atoms with E-state index in [1.54, 1.807) is 0 Å². The minimum atomic E-state index is -0.163. The number of fused-ring (bicyclic) bond motifs is 18. The van der Waals surface area contributed by atoms with Gasteiger partial charge in [-0.05, 0) is 163 Å². The van der Waals surface area contributed by atoms with Crippen LogP contribution in [0.4, 0.5) is 0 Å². The normalized spacial score (nSPS) is 14.3. The fourth-order valence-electron chi connectivity index (χ4n) is 13.4. The molecule has 1 heterocycles. The van der Waals surface area contributed by atoms with Crippen LogP contribution >= 0.6 is 0 Å². The second kappa shape index (κ2) is 13.7. The van der Waals surface area contributed by atoms with Crippen LogP contribution in [-0.2, 0) is 10.8 Å². The fourth-order valence-corrected chi connectivity index (χ4v) is 13.4. The summed E-state index contributed by atoms with van der Waals surface area (Å²) in [6.45, 7) is 9.63. The Labute approximate surface area is 401 Å². The zero-order chi connectivity index (χ0) is 45.9. The lowest BCUT2D eigenvalue weighted by molar-refractivity contribution is 0.661. The first-order chi connectivity index (χ1) is 33.8. The Morgan fingerprint density at radius 2 is 0.783 bits per heavy atom. The number of para-hydroxylation sites is 1. The van der Waals surface area contributed by atoms with Gasteiger partial charge < -0.3 is 4.57 Å². The molecule has 0 atom stereocenters. The number of benzene rings is 12. The van der Waals surface area contributed by atoms with E-state index in [2.05, 4.69) is 245 Å². The maximum Gasteiger partial charge on any atom is 0.0588 e. The highest BCUT2D eigenvalue weighted by Gasteiger charge is 2.39. The minimum Gasteiger partial charge on any atom is -0.309 e. The topological polar surface area (TPSA) is 4.93 Å². The summed E-state index contributed by atoms with van der Waals surface area (Å²) in [6, 6.07) is 80.5. The molecule has 0 saturated heterocycles. The summed E-state index contributed by atoms with van der Waals surface area (Å²) in [4.78, 5) is 0. The van der Waals surface area contributed by atoms with E-state index in [1.165, 1.54) is 148 Å². The van der Waals surface area contributed by atoms with E-state index in [9.17, 15) is 0 Å². The summed E-state index contributed by atoms with van der Waals surface area (Å²) in [5.74, 6) is 0. The third kappa shape index (κ3) is 5.09. The SMILES string of the molecule is CC1(C)c2ccc(-c3c4ccccc4c(-c4ccc5c(c4)c4ccc6c(c4n5-c4ccccc4)C(C)(C)c4ccccc4-6)c4ccccc34)cc2-c2cc3c4ccccc4c4ccccc4c3cc21. The number of rotatable bonds is 3. The third-order valence-corrected chi connectivity index (χ3v) is 16.5. The average molecular weight is 878 g/mol. The maximum absolute atomic E-state index is 2.53. The van der Waals surface area contributed by atoms with E-state index in [-0.39, 0.29) is 10.8 Å². The molecule has 1 heteroatoms. The molecule has 0 amide bonds. The second-order valence-electron chi connectivity index (χ2n) is 20.7. The summed E-state index contributed by atoms with van der Waals surface area (Å²) >= 11 is 0. The van der Waals surface area contributed by atoms with Crippen LogP contribution in [0, 0.1) is 0 Å². The highest BCUT2D eigenvalue weighted by Crippen LogP contribution is 2.56. The van der Waals surface area contributed by atoms with Crippen molar-refractivity contribution >= 4 is 75.7 Å². The minimum absolute atomic E-state index is 0.153. The first-order valence-corrected chi connectivity index (χ1v) is 24.5. The van der Waals surface area contributed by atoms with Crippen molar-refractivity contribution in [2.45, 2.75) is 38.5 Å². The van der Waals surface area contributed by atoms with Crippen LogP contribution in [0.15, 0.2) is 212 Å². The Kier molecular flexibility index (Phi) is 7.70. The summed E-state index contributed by atoms with van der Waals surface area (Å²) in [6.07, 6.45) is 0. The van der Waals surface area contributed by atoms with E-state index in [0.29, 0.717) is 0 Å². The van der Waals surface area contributed by atoms with Crippen LogP contribution in [0.25, 0.3) is 126 Å². The molecule has 15 rings (SSSR count). The molecule has 2 aliphatic rings. The van der Waals surface area contributed by atoms with Crippen molar-refractivity contribution in [2.75, 3.05) is 0 Å². The highest BCUT2D eigenvalue weighted by atomic mass is 15.0.